The van der Waals surface area contributed by atoms with Gasteiger partial charge in [-0.15, -0.1) is 0 Å². The average molecular weight is 262 g/mol. The van der Waals surface area contributed by atoms with Gasteiger partial charge in [-0.05, 0) is 29.8 Å². The highest BCUT2D eigenvalue weighted by Gasteiger charge is 1.95. The molecule has 0 unspecified atom stereocenters. The number of hydrogen-bond donors (Lipinski definition) is 0. The molecule has 0 fully saturated rings. The number of ether oxygens (including phenoxy) is 2. The van der Waals surface area contributed by atoms with Crippen LogP contribution >= 0.6 is 0 Å². The maximum atomic E-state index is 12.8. The summed E-state index contributed by atoms with van der Waals surface area (Å²) in [6, 6.07) is 14.9. The van der Waals surface area contributed by atoms with E-state index in [1.165, 1.54) is 24.3 Å². The molecular weight excluding hydrogens is 243 g/mol. The highest BCUT2D eigenvalue weighted by atomic mass is 19.1. The van der Waals surface area contributed by atoms with Gasteiger partial charge in [-0.2, -0.15) is 0 Å². The molecule has 19 heavy (non-hydrogen) atoms. The van der Waals surface area contributed by atoms with Gasteiger partial charge in [0.15, 0.2) is 0 Å². The fraction of sp³-hybridized carbons (Fsp3) is 0.250. The van der Waals surface area contributed by atoms with Crippen molar-refractivity contribution in [3.8, 4) is 5.75 Å². The Morgan fingerprint density at radius 3 is 2.47 bits per heavy atom. The van der Waals surface area contributed by atoms with Crippen molar-refractivity contribution in [3.63, 3.8) is 0 Å². The Hall–Kier alpha value is -1.87. The van der Waals surface area contributed by atoms with Crippen LogP contribution in [0.25, 0.3) is 0 Å². The van der Waals surface area contributed by atoms with Crippen LogP contribution in [0.15, 0.2) is 54.6 Å². The molecule has 2 nitrogen and oxygen atoms in total. The molecule has 100 valence electrons. The van der Waals surface area contributed by atoms with Crippen LogP contribution in [0.2, 0.25) is 0 Å². The van der Waals surface area contributed by atoms with E-state index in [4.69, 9.17) is 12.2 Å². The van der Waals surface area contributed by atoms with E-state index in [-0.39, 0.29) is 18.8 Å². The van der Waals surface area contributed by atoms with Gasteiger partial charge in [0.05, 0.1) is 22.5 Å². The van der Waals surface area contributed by atoms with Gasteiger partial charge in [-0.1, -0.05) is 30.3 Å². The fourth-order valence-electron chi connectivity index (χ4n) is 1.52. The third-order valence-corrected chi connectivity index (χ3v) is 2.46. The zero-order chi connectivity index (χ0) is 15.1. The number of halogens is 1. The summed E-state index contributed by atoms with van der Waals surface area (Å²) >= 11 is 0. The van der Waals surface area contributed by atoms with E-state index in [0.717, 1.165) is 5.56 Å². The molecule has 0 aliphatic rings. The molecule has 0 saturated heterocycles. The normalized spacial score (nSPS) is 12.7. The maximum Gasteiger partial charge on any atom is 0.123 e. The van der Waals surface area contributed by atoms with Gasteiger partial charge in [0.25, 0.3) is 0 Å². The second-order valence-corrected chi connectivity index (χ2v) is 3.99. The van der Waals surface area contributed by atoms with Crippen molar-refractivity contribution in [2.75, 3.05) is 13.2 Å². The summed E-state index contributed by atoms with van der Waals surface area (Å²) in [4.78, 5) is 0. The van der Waals surface area contributed by atoms with E-state index >= 15 is 0 Å². The minimum absolute atomic E-state index is 0.0945. The topological polar surface area (TPSA) is 18.5 Å². The van der Waals surface area contributed by atoms with Crippen LogP contribution in [0.3, 0.4) is 0 Å². The van der Waals surface area contributed by atoms with Gasteiger partial charge in [0, 0.05) is 6.42 Å². The van der Waals surface area contributed by atoms with E-state index in [1.807, 2.05) is 30.3 Å². The van der Waals surface area contributed by atoms with Crippen molar-refractivity contribution in [2.45, 2.75) is 13.0 Å². The van der Waals surface area contributed by atoms with Crippen LogP contribution in [-0.2, 0) is 11.3 Å². The Balaban J connectivity index is 1.74. The molecule has 0 bridgehead atoms. The second-order valence-electron chi connectivity index (χ2n) is 3.99. The Morgan fingerprint density at radius 2 is 1.74 bits per heavy atom. The molecule has 0 spiro atoms. The minimum atomic E-state index is -1.85. The fourth-order valence-corrected chi connectivity index (χ4v) is 1.52. The quantitative estimate of drug-likeness (QED) is 0.706. The lowest BCUT2D eigenvalue weighted by Gasteiger charge is -2.07. The van der Waals surface area contributed by atoms with Crippen molar-refractivity contribution in [1.82, 2.24) is 0 Å². The zero-order valence-corrected chi connectivity index (χ0v) is 10.5. The molecule has 0 heterocycles. The Kier molecular flexibility index (Phi) is 4.36. The predicted molar refractivity (Wildman–Crippen MR) is 72.6 cm³/mol. The summed E-state index contributed by atoms with van der Waals surface area (Å²) in [7, 11) is 0. The van der Waals surface area contributed by atoms with Crippen LogP contribution in [0, 0.1) is 5.82 Å². The van der Waals surface area contributed by atoms with E-state index in [2.05, 4.69) is 0 Å². The van der Waals surface area contributed by atoms with Crippen LogP contribution < -0.4 is 4.74 Å². The molecule has 0 atom stereocenters. The van der Waals surface area contributed by atoms with E-state index < -0.39 is 6.56 Å². The minimum Gasteiger partial charge on any atom is -0.494 e. The summed E-state index contributed by atoms with van der Waals surface area (Å²) in [5.74, 6) is -0.0847. The van der Waals surface area contributed by atoms with Crippen molar-refractivity contribution in [1.29, 1.82) is 0 Å². The monoisotopic (exact) mass is 262 g/mol. The largest absolute Gasteiger partial charge is 0.494 e. The summed E-state index contributed by atoms with van der Waals surface area (Å²) in [5, 5.41) is 0. The molecule has 0 aliphatic heterocycles. The Labute approximate surface area is 115 Å². The summed E-state index contributed by atoms with van der Waals surface area (Å²) < 4.78 is 38.9. The molecule has 0 amide bonds. The van der Waals surface area contributed by atoms with Crippen LogP contribution in [0.4, 0.5) is 4.39 Å². The first-order chi connectivity index (χ1) is 10.1. The highest BCUT2D eigenvalue weighted by Crippen LogP contribution is 2.11. The van der Waals surface area contributed by atoms with Gasteiger partial charge in [0.1, 0.15) is 11.6 Å². The summed E-state index contributed by atoms with van der Waals surface area (Å²) in [6.07, 6.45) is 0.0945. The first-order valence-electron chi connectivity index (χ1n) is 7.11. The first-order valence-corrected chi connectivity index (χ1v) is 6.11. The van der Waals surface area contributed by atoms with Gasteiger partial charge in [-0.3, -0.25) is 0 Å². The van der Waals surface area contributed by atoms with Crippen LogP contribution in [0.5, 0.6) is 5.75 Å². The third kappa shape index (κ3) is 5.10. The summed E-state index contributed by atoms with van der Waals surface area (Å²) in [6.45, 7) is -1.18. The SMILES string of the molecule is [2H]C([2H])(CCOCc1ccccc1)Oc1ccc(F)cc1. The molecule has 0 N–H and O–H groups in total. The molecule has 2 aromatic rings. The number of hydrogen-bond acceptors (Lipinski definition) is 2. The third-order valence-electron chi connectivity index (χ3n) is 2.46. The van der Waals surface area contributed by atoms with Gasteiger partial charge < -0.3 is 9.47 Å². The number of benzene rings is 2. The van der Waals surface area contributed by atoms with Gasteiger partial charge >= 0.3 is 0 Å². The Morgan fingerprint density at radius 1 is 1.00 bits per heavy atom. The molecule has 0 radical (unpaired) electrons. The molecule has 2 rings (SSSR count). The second kappa shape index (κ2) is 7.54. The lowest BCUT2D eigenvalue weighted by Crippen LogP contribution is -2.03. The molecule has 0 saturated carbocycles. The van der Waals surface area contributed by atoms with Crippen molar-refractivity contribution in [2.24, 2.45) is 0 Å². The molecule has 0 aromatic heterocycles. The molecule has 2 aromatic carbocycles. The van der Waals surface area contributed by atoms with Gasteiger partial charge in [0.2, 0.25) is 0 Å². The van der Waals surface area contributed by atoms with E-state index in [9.17, 15) is 4.39 Å². The average Bonchev–Trinajstić information content (AvgIpc) is 2.47. The summed E-state index contributed by atoms with van der Waals surface area (Å²) in [5.41, 5.74) is 1.04. The highest BCUT2D eigenvalue weighted by molar-refractivity contribution is 5.21. The standard InChI is InChI=1S/C16H17FO2/c17-15-7-9-16(10-8-15)19-12-4-11-18-13-14-5-2-1-3-6-14/h1-3,5-10H,4,11-13H2/i12D2. The predicted octanol–water partition coefficient (Wildman–Crippen LogP) is 3.81. The van der Waals surface area contributed by atoms with Crippen molar-refractivity contribution >= 4 is 0 Å². The maximum absolute atomic E-state index is 12.8. The smallest absolute Gasteiger partial charge is 0.123 e. The molecular formula is C16H17FO2. The first kappa shape index (κ1) is 11.0. The molecule has 3 heteroatoms. The lowest BCUT2D eigenvalue weighted by atomic mass is 10.2. The lowest BCUT2D eigenvalue weighted by molar-refractivity contribution is 0.107. The van der Waals surface area contributed by atoms with Gasteiger partial charge in [-0.25, -0.2) is 4.39 Å². The van der Waals surface area contributed by atoms with Crippen molar-refractivity contribution in [3.05, 3.63) is 66.0 Å². The van der Waals surface area contributed by atoms with E-state index in [1.54, 1.807) is 0 Å². The van der Waals surface area contributed by atoms with Crippen molar-refractivity contribution < 1.29 is 16.6 Å². The zero-order valence-electron chi connectivity index (χ0n) is 12.5. The number of rotatable bonds is 7. The van der Waals surface area contributed by atoms with Crippen LogP contribution in [-0.4, -0.2) is 13.2 Å². The Bertz CT molecular complexity index is 544. The van der Waals surface area contributed by atoms with E-state index in [0.29, 0.717) is 12.4 Å². The van der Waals surface area contributed by atoms with Crippen LogP contribution in [0.1, 0.15) is 14.7 Å². The molecule has 0 aliphatic carbocycles.